The van der Waals surface area contributed by atoms with Gasteiger partial charge in [-0.3, -0.25) is 4.79 Å². The molecule has 0 rings (SSSR count). The zero-order chi connectivity index (χ0) is 7.49. The molecule has 0 aliphatic carbocycles. The van der Waals surface area contributed by atoms with Gasteiger partial charge in [0.05, 0.1) is 6.42 Å². The molecule has 0 aliphatic heterocycles. The van der Waals surface area contributed by atoms with E-state index >= 15 is 0 Å². The Bertz CT molecular complexity index is 105. The van der Waals surface area contributed by atoms with Crippen LogP contribution in [0, 0.1) is 0 Å². The third-order valence-corrected chi connectivity index (χ3v) is 1.45. The van der Waals surface area contributed by atoms with Crippen LogP contribution in [-0.4, -0.2) is 31.9 Å². The van der Waals surface area contributed by atoms with Crippen molar-refractivity contribution in [2.45, 2.75) is 6.42 Å². The van der Waals surface area contributed by atoms with E-state index in [9.17, 15) is 4.79 Å². The fourth-order valence-electron chi connectivity index (χ4n) is 0.246. The number of hydrogen-bond donors (Lipinski definition) is 4. The van der Waals surface area contributed by atoms with Crippen molar-refractivity contribution < 1.29 is 24.6 Å². The van der Waals surface area contributed by atoms with Crippen molar-refractivity contribution in [1.82, 2.24) is 0 Å². The molecule has 0 atom stereocenters. The molecular formula is C3H8O5P. The van der Waals surface area contributed by atoms with Gasteiger partial charge in [-0.2, -0.15) is 0 Å². The Labute approximate surface area is 52.2 Å². The number of aliphatic carboxylic acids is 1. The molecule has 0 unspecified atom stereocenters. The molecule has 0 bridgehead atoms. The van der Waals surface area contributed by atoms with E-state index in [4.69, 9.17) is 19.8 Å². The Balaban J connectivity index is 3.39. The molecule has 0 aliphatic rings. The Kier molecular flexibility index (Phi) is 3.00. The number of rotatable bonds is 3. The van der Waals surface area contributed by atoms with Gasteiger partial charge in [0.2, 0.25) is 7.94 Å². The molecular weight excluding hydrogens is 147 g/mol. The Hall–Kier alpha value is -0.220. The normalized spacial score (nSPS) is 11.4. The van der Waals surface area contributed by atoms with E-state index in [1.165, 1.54) is 0 Å². The lowest BCUT2D eigenvalue weighted by molar-refractivity contribution is -0.136. The van der Waals surface area contributed by atoms with Crippen LogP contribution in [0.4, 0.5) is 0 Å². The van der Waals surface area contributed by atoms with Crippen LogP contribution in [0.25, 0.3) is 0 Å². The maximum Gasteiger partial charge on any atom is 0.303 e. The van der Waals surface area contributed by atoms with Gasteiger partial charge in [0.1, 0.15) is 0 Å². The van der Waals surface area contributed by atoms with Crippen molar-refractivity contribution in [2.24, 2.45) is 0 Å². The van der Waals surface area contributed by atoms with Crippen LogP contribution in [0.5, 0.6) is 0 Å². The van der Waals surface area contributed by atoms with E-state index in [-0.39, 0.29) is 0 Å². The lowest BCUT2D eigenvalue weighted by Gasteiger charge is -2.12. The molecule has 0 spiro atoms. The van der Waals surface area contributed by atoms with E-state index < -0.39 is 26.5 Å². The zero-order valence-electron chi connectivity index (χ0n) is 4.56. The molecule has 0 fully saturated rings. The van der Waals surface area contributed by atoms with Crippen LogP contribution in [-0.2, 0) is 4.79 Å². The summed E-state index contributed by atoms with van der Waals surface area (Å²) in [5.74, 6) is -1.16. The highest BCUT2D eigenvalue weighted by atomic mass is 31.2. The van der Waals surface area contributed by atoms with Gasteiger partial charge in [0, 0.05) is 6.16 Å². The van der Waals surface area contributed by atoms with Gasteiger partial charge in [0.25, 0.3) is 0 Å². The zero-order valence-corrected chi connectivity index (χ0v) is 5.45. The monoisotopic (exact) mass is 155 g/mol. The first-order chi connectivity index (χ1) is 3.92. The van der Waals surface area contributed by atoms with Crippen LogP contribution in [0.3, 0.4) is 0 Å². The predicted molar refractivity (Wildman–Crippen MR) is 30.7 cm³/mol. The lowest BCUT2D eigenvalue weighted by Crippen LogP contribution is -2.02. The molecule has 5 nitrogen and oxygen atoms in total. The summed E-state index contributed by atoms with van der Waals surface area (Å²) in [7, 11) is -3.85. The van der Waals surface area contributed by atoms with E-state index in [1.54, 1.807) is 0 Å². The maximum atomic E-state index is 9.73. The third kappa shape index (κ3) is 7.78. The second kappa shape index (κ2) is 3.08. The van der Waals surface area contributed by atoms with E-state index in [2.05, 4.69) is 0 Å². The van der Waals surface area contributed by atoms with Gasteiger partial charge in [-0.15, -0.1) is 0 Å². The van der Waals surface area contributed by atoms with Crippen molar-refractivity contribution in [3.63, 3.8) is 0 Å². The van der Waals surface area contributed by atoms with Gasteiger partial charge < -0.3 is 19.8 Å². The van der Waals surface area contributed by atoms with Gasteiger partial charge in [-0.25, -0.2) is 0 Å². The molecule has 9 heavy (non-hydrogen) atoms. The minimum Gasteiger partial charge on any atom is -0.481 e. The standard InChI is InChI=1S/C3H8O5P/c4-3(5)1-2-9(6,7)8/h6-8H,1-2H2,(H,4,5). The summed E-state index contributed by atoms with van der Waals surface area (Å²) < 4.78 is 0. The van der Waals surface area contributed by atoms with Crippen LogP contribution < -0.4 is 0 Å². The quantitative estimate of drug-likeness (QED) is 0.400. The first kappa shape index (κ1) is 8.78. The van der Waals surface area contributed by atoms with Crippen molar-refractivity contribution in [3.05, 3.63) is 0 Å². The average Bonchev–Trinajstić information content (AvgIpc) is 1.59. The summed E-state index contributed by atoms with van der Waals surface area (Å²) in [5, 5.41) is 7.96. The van der Waals surface area contributed by atoms with E-state index in [0.29, 0.717) is 0 Å². The Morgan fingerprint density at radius 1 is 1.33 bits per heavy atom. The fraction of sp³-hybridized carbons (Fsp3) is 0.667. The maximum absolute atomic E-state index is 9.73. The summed E-state index contributed by atoms with van der Waals surface area (Å²) in [4.78, 5) is 34.4. The van der Waals surface area contributed by atoms with Gasteiger partial charge in [0.15, 0.2) is 0 Å². The predicted octanol–water partition coefficient (Wildman–Crippen LogP) is -0.799. The first-order valence-corrected chi connectivity index (χ1v) is 4.03. The number of carbonyl (C=O) groups is 1. The largest absolute Gasteiger partial charge is 0.481 e. The fourth-order valence-corrected chi connectivity index (χ4v) is 0.737. The number of hydrogen-bond acceptors (Lipinski definition) is 4. The molecule has 0 aromatic heterocycles. The van der Waals surface area contributed by atoms with Crippen molar-refractivity contribution in [2.75, 3.05) is 6.16 Å². The van der Waals surface area contributed by atoms with Crippen molar-refractivity contribution in [3.8, 4) is 0 Å². The SMILES string of the molecule is O=C(O)CC[P](O)(O)O. The average molecular weight is 155 g/mol. The third-order valence-electron chi connectivity index (χ3n) is 0.626. The van der Waals surface area contributed by atoms with E-state index in [0.717, 1.165) is 0 Å². The highest BCUT2D eigenvalue weighted by molar-refractivity contribution is 7.58. The molecule has 0 saturated heterocycles. The molecule has 4 N–H and O–H groups in total. The Morgan fingerprint density at radius 3 is 1.89 bits per heavy atom. The molecule has 0 saturated carbocycles. The second-order valence-electron chi connectivity index (χ2n) is 1.56. The summed E-state index contributed by atoms with van der Waals surface area (Å²) in [5.41, 5.74) is 0. The van der Waals surface area contributed by atoms with E-state index in [1.807, 2.05) is 0 Å². The molecule has 6 heteroatoms. The Morgan fingerprint density at radius 2 is 1.78 bits per heavy atom. The topological polar surface area (TPSA) is 98.0 Å². The molecule has 55 valence electrons. The highest BCUT2D eigenvalue weighted by Crippen LogP contribution is 2.44. The highest BCUT2D eigenvalue weighted by Gasteiger charge is 2.17. The molecule has 1 radical (unpaired) electrons. The van der Waals surface area contributed by atoms with Crippen molar-refractivity contribution >= 4 is 13.9 Å². The van der Waals surface area contributed by atoms with Gasteiger partial charge in [-0.1, -0.05) is 0 Å². The van der Waals surface area contributed by atoms with Crippen molar-refractivity contribution in [1.29, 1.82) is 0 Å². The second-order valence-corrected chi connectivity index (χ2v) is 3.39. The minimum atomic E-state index is -3.85. The van der Waals surface area contributed by atoms with Crippen LogP contribution in [0.15, 0.2) is 0 Å². The number of carboxylic acid groups (broad SMARTS) is 1. The molecule has 0 heterocycles. The lowest BCUT2D eigenvalue weighted by atomic mass is 10.5. The summed E-state index contributed by atoms with van der Waals surface area (Å²) >= 11 is 0. The van der Waals surface area contributed by atoms with Crippen LogP contribution in [0.1, 0.15) is 6.42 Å². The van der Waals surface area contributed by atoms with Gasteiger partial charge in [-0.05, 0) is 0 Å². The smallest absolute Gasteiger partial charge is 0.303 e. The summed E-state index contributed by atoms with van der Waals surface area (Å²) in [6.07, 6.45) is -0.889. The van der Waals surface area contributed by atoms with Crippen LogP contribution in [0.2, 0.25) is 0 Å². The molecule has 0 amide bonds. The minimum absolute atomic E-state index is 0.419. The number of carboxylic acids is 1. The summed E-state index contributed by atoms with van der Waals surface area (Å²) in [6, 6.07) is 0. The van der Waals surface area contributed by atoms with Gasteiger partial charge >= 0.3 is 5.97 Å². The summed E-state index contributed by atoms with van der Waals surface area (Å²) in [6.45, 7) is 0. The molecule has 0 aromatic carbocycles. The first-order valence-electron chi connectivity index (χ1n) is 2.20. The van der Waals surface area contributed by atoms with Crippen LogP contribution >= 0.6 is 7.94 Å². The molecule has 0 aromatic rings.